The Labute approximate surface area is 106 Å². The first kappa shape index (κ1) is 12.1. The Balaban J connectivity index is 2.40. The molecule has 0 atom stereocenters. The van der Waals surface area contributed by atoms with E-state index in [0.29, 0.717) is 18.0 Å². The lowest BCUT2D eigenvalue weighted by atomic mass is 10.1. The Morgan fingerprint density at radius 1 is 1.33 bits per heavy atom. The molecule has 0 saturated heterocycles. The van der Waals surface area contributed by atoms with Crippen molar-refractivity contribution in [1.82, 2.24) is 4.98 Å². The molecule has 0 saturated carbocycles. The highest BCUT2D eigenvalue weighted by Crippen LogP contribution is 2.29. The molecule has 0 fully saturated rings. The second-order valence-corrected chi connectivity index (χ2v) is 3.98. The van der Waals surface area contributed by atoms with Crippen molar-refractivity contribution in [3.05, 3.63) is 35.4 Å². The number of ether oxygens (including phenoxy) is 1. The fourth-order valence-electron chi connectivity index (χ4n) is 1.94. The summed E-state index contributed by atoms with van der Waals surface area (Å²) < 4.78 is 5.39. The van der Waals surface area contributed by atoms with Gasteiger partial charge in [0, 0.05) is 0 Å². The highest BCUT2D eigenvalue weighted by molar-refractivity contribution is 5.72. The molecule has 0 amide bonds. The Bertz CT molecular complexity index is 591. The molecule has 0 aliphatic heterocycles. The number of aromatic amines is 1. The van der Waals surface area contributed by atoms with Gasteiger partial charge in [-0.05, 0) is 49.2 Å². The van der Waals surface area contributed by atoms with Crippen LogP contribution in [0.1, 0.15) is 18.1 Å². The zero-order chi connectivity index (χ0) is 13.1. The van der Waals surface area contributed by atoms with Crippen LogP contribution in [0.5, 0.6) is 5.75 Å². The number of nitrogens with two attached hydrogens (primary N) is 1. The van der Waals surface area contributed by atoms with Crippen LogP contribution >= 0.6 is 0 Å². The van der Waals surface area contributed by atoms with Crippen LogP contribution < -0.4 is 10.5 Å². The van der Waals surface area contributed by atoms with Gasteiger partial charge in [0.15, 0.2) is 0 Å². The molecule has 0 aliphatic carbocycles. The lowest BCUT2D eigenvalue weighted by Gasteiger charge is -2.04. The predicted molar refractivity (Wildman–Crippen MR) is 71.3 cm³/mol. The minimum atomic E-state index is 0.416. The molecule has 0 spiro atoms. The van der Waals surface area contributed by atoms with E-state index in [1.807, 2.05) is 38.1 Å². The normalized spacial score (nSPS) is 10.1. The summed E-state index contributed by atoms with van der Waals surface area (Å²) in [4.78, 5) is 3.05. The number of hydrogen-bond acceptors (Lipinski definition) is 3. The molecule has 2 aromatic rings. The minimum absolute atomic E-state index is 0.416. The summed E-state index contributed by atoms with van der Waals surface area (Å²) in [6.45, 7) is 4.48. The number of nitrogen functional groups attached to an aromatic ring is 1. The van der Waals surface area contributed by atoms with Gasteiger partial charge in [0.05, 0.1) is 17.9 Å². The second kappa shape index (κ2) is 4.84. The number of hydrogen-bond donors (Lipinski definition) is 2. The molecule has 3 N–H and O–H groups in total. The average molecular weight is 241 g/mol. The van der Waals surface area contributed by atoms with Crippen LogP contribution in [0.3, 0.4) is 0 Å². The van der Waals surface area contributed by atoms with Crippen molar-refractivity contribution in [2.24, 2.45) is 0 Å². The maximum Gasteiger partial charge on any atom is 0.119 e. The molecular formula is C14H15N3O. The smallest absolute Gasteiger partial charge is 0.119 e. The zero-order valence-corrected chi connectivity index (χ0v) is 10.4. The third-order valence-corrected chi connectivity index (χ3v) is 2.84. The summed E-state index contributed by atoms with van der Waals surface area (Å²) in [5.41, 5.74) is 9.02. The molecule has 92 valence electrons. The van der Waals surface area contributed by atoms with Crippen LogP contribution in [-0.2, 0) is 0 Å². The maximum atomic E-state index is 9.00. The fraction of sp³-hybridized carbons (Fsp3) is 0.214. The lowest BCUT2D eigenvalue weighted by molar-refractivity contribution is 0.340. The van der Waals surface area contributed by atoms with Crippen LogP contribution in [0.25, 0.3) is 11.3 Å². The van der Waals surface area contributed by atoms with E-state index in [1.54, 1.807) is 0 Å². The van der Waals surface area contributed by atoms with E-state index in [4.69, 9.17) is 15.7 Å². The molecule has 1 aromatic carbocycles. The number of aromatic nitrogens is 1. The first-order valence-electron chi connectivity index (χ1n) is 5.78. The van der Waals surface area contributed by atoms with Gasteiger partial charge in [-0.25, -0.2) is 0 Å². The Morgan fingerprint density at radius 3 is 2.50 bits per heavy atom. The molecule has 0 bridgehead atoms. The number of rotatable bonds is 3. The van der Waals surface area contributed by atoms with Crippen LogP contribution in [0, 0.1) is 18.3 Å². The standard InChI is InChI=1S/C14H15N3O/c1-3-18-11-6-4-10(5-7-11)13-9(2)12(8-15)14(16)17-13/h4-7,17H,3,16H2,1-2H3. The van der Waals surface area contributed by atoms with E-state index in [1.165, 1.54) is 0 Å². The van der Waals surface area contributed by atoms with E-state index < -0.39 is 0 Å². The Hall–Kier alpha value is -2.41. The lowest BCUT2D eigenvalue weighted by Crippen LogP contribution is -1.91. The first-order valence-corrected chi connectivity index (χ1v) is 5.78. The number of nitrogens with zero attached hydrogens (tertiary/aromatic N) is 1. The number of H-pyrrole nitrogens is 1. The summed E-state index contributed by atoms with van der Waals surface area (Å²) in [6.07, 6.45) is 0. The van der Waals surface area contributed by atoms with Crippen molar-refractivity contribution in [3.63, 3.8) is 0 Å². The van der Waals surface area contributed by atoms with Gasteiger partial charge in [-0.15, -0.1) is 0 Å². The zero-order valence-electron chi connectivity index (χ0n) is 10.4. The van der Waals surface area contributed by atoms with E-state index in [9.17, 15) is 0 Å². The van der Waals surface area contributed by atoms with Gasteiger partial charge in [0.2, 0.25) is 0 Å². The molecule has 1 heterocycles. The third-order valence-electron chi connectivity index (χ3n) is 2.84. The quantitative estimate of drug-likeness (QED) is 0.867. The first-order chi connectivity index (χ1) is 8.67. The van der Waals surface area contributed by atoms with Crippen LogP contribution in [0.2, 0.25) is 0 Å². The van der Waals surface area contributed by atoms with E-state index >= 15 is 0 Å². The molecule has 4 heteroatoms. The van der Waals surface area contributed by atoms with Gasteiger partial charge >= 0.3 is 0 Å². The molecule has 0 radical (unpaired) electrons. The van der Waals surface area contributed by atoms with Crippen molar-refractivity contribution >= 4 is 5.82 Å². The SMILES string of the molecule is CCOc1ccc(-c2[nH]c(N)c(C#N)c2C)cc1. The highest BCUT2D eigenvalue weighted by Gasteiger charge is 2.12. The number of anilines is 1. The summed E-state index contributed by atoms with van der Waals surface area (Å²) in [5.74, 6) is 1.25. The van der Waals surface area contributed by atoms with Gasteiger partial charge in [0.1, 0.15) is 17.6 Å². The summed E-state index contributed by atoms with van der Waals surface area (Å²) in [5, 5.41) is 9.00. The van der Waals surface area contributed by atoms with E-state index in [2.05, 4.69) is 11.1 Å². The fourth-order valence-corrected chi connectivity index (χ4v) is 1.94. The molecule has 4 nitrogen and oxygen atoms in total. The highest BCUT2D eigenvalue weighted by atomic mass is 16.5. The predicted octanol–water partition coefficient (Wildman–Crippen LogP) is 2.84. The van der Waals surface area contributed by atoms with Crippen LogP contribution in [0.4, 0.5) is 5.82 Å². The van der Waals surface area contributed by atoms with Crippen molar-refractivity contribution in [3.8, 4) is 23.1 Å². The minimum Gasteiger partial charge on any atom is -0.494 e. The summed E-state index contributed by atoms with van der Waals surface area (Å²) in [7, 11) is 0. The van der Waals surface area contributed by atoms with Crippen molar-refractivity contribution in [2.45, 2.75) is 13.8 Å². The maximum absolute atomic E-state index is 9.00. The van der Waals surface area contributed by atoms with Gasteiger partial charge in [-0.3, -0.25) is 0 Å². The number of nitrogens with one attached hydrogen (secondary N) is 1. The van der Waals surface area contributed by atoms with Crippen LogP contribution in [0.15, 0.2) is 24.3 Å². The second-order valence-electron chi connectivity index (χ2n) is 3.98. The van der Waals surface area contributed by atoms with Crippen molar-refractivity contribution in [1.29, 1.82) is 5.26 Å². The van der Waals surface area contributed by atoms with Gasteiger partial charge in [-0.1, -0.05) is 0 Å². The molecule has 18 heavy (non-hydrogen) atoms. The topological polar surface area (TPSA) is 74.8 Å². The van der Waals surface area contributed by atoms with Crippen molar-refractivity contribution < 1.29 is 4.74 Å². The van der Waals surface area contributed by atoms with Gasteiger partial charge < -0.3 is 15.5 Å². The average Bonchev–Trinajstić information content (AvgIpc) is 2.66. The van der Waals surface area contributed by atoms with Crippen LogP contribution in [-0.4, -0.2) is 11.6 Å². The molecule has 1 aromatic heterocycles. The largest absolute Gasteiger partial charge is 0.494 e. The van der Waals surface area contributed by atoms with E-state index in [-0.39, 0.29) is 0 Å². The van der Waals surface area contributed by atoms with Gasteiger partial charge in [0.25, 0.3) is 0 Å². The summed E-state index contributed by atoms with van der Waals surface area (Å²) in [6, 6.07) is 9.81. The monoisotopic (exact) mass is 241 g/mol. The Kier molecular flexibility index (Phi) is 3.24. The summed E-state index contributed by atoms with van der Waals surface area (Å²) >= 11 is 0. The molecule has 0 aliphatic rings. The molecule has 0 unspecified atom stereocenters. The number of benzene rings is 1. The van der Waals surface area contributed by atoms with Crippen molar-refractivity contribution in [2.75, 3.05) is 12.3 Å². The van der Waals surface area contributed by atoms with E-state index in [0.717, 1.165) is 22.6 Å². The Morgan fingerprint density at radius 2 is 2.00 bits per heavy atom. The number of nitriles is 1. The molecule has 2 rings (SSSR count). The van der Waals surface area contributed by atoms with Gasteiger partial charge in [-0.2, -0.15) is 5.26 Å². The molecular weight excluding hydrogens is 226 g/mol. The third kappa shape index (κ3) is 2.03.